The topological polar surface area (TPSA) is 43.4 Å². The molecule has 0 aromatic carbocycles. The summed E-state index contributed by atoms with van der Waals surface area (Å²) >= 11 is 0. The highest BCUT2D eigenvalue weighted by atomic mass is 16.5. The molecule has 0 aromatic heterocycles. The summed E-state index contributed by atoms with van der Waals surface area (Å²) < 4.78 is 4.87. The molecule has 0 N–H and O–H groups in total. The molecule has 88 valence electrons. The molecule has 0 heterocycles. The Bertz CT molecular complexity index is 229. The van der Waals surface area contributed by atoms with E-state index < -0.39 is 11.4 Å². The van der Waals surface area contributed by atoms with Crippen LogP contribution in [0.25, 0.3) is 0 Å². The van der Waals surface area contributed by atoms with Gasteiger partial charge in [0, 0.05) is 6.42 Å². The third-order valence-electron chi connectivity index (χ3n) is 2.43. The Morgan fingerprint density at radius 1 is 1.27 bits per heavy atom. The van der Waals surface area contributed by atoms with Crippen LogP contribution in [0, 0.1) is 11.3 Å². The van der Waals surface area contributed by atoms with Crippen molar-refractivity contribution in [2.75, 3.05) is 6.61 Å². The van der Waals surface area contributed by atoms with Crippen LogP contribution in [-0.2, 0) is 14.3 Å². The van der Waals surface area contributed by atoms with Crippen LogP contribution in [0.5, 0.6) is 0 Å². The van der Waals surface area contributed by atoms with Crippen LogP contribution in [0.1, 0.15) is 47.5 Å². The summed E-state index contributed by atoms with van der Waals surface area (Å²) in [4.78, 5) is 23.3. The average Bonchev–Trinajstić information content (AvgIpc) is 2.14. The smallest absolute Gasteiger partial charge is 0.319 e. The third kappa shape index (κ3) is 4.45. The summed E-state index contributed by atoms with van der Waals surface area (Å²) in [5.74, 6) is 0.0281. The van der Waals surface area contributed by atoms with Gasteiger partial charge in [0.05, 0.1) is 6.61 Å². The summed E-state index contributed by atoms with van der Waals surface area (Å²) in [6.45, 7) is 9.45. The van der Waals surface area contributed by atoms with Crippen molar-refractivity contribution in [1.82, 2.24) is 0 Å². The Balaban J connectivity index is 4.31. The van der Waals surface area contributed by atoms with E-state index in [1.807, 2.05) is 0 Å². The number of ketones is 1. The van der Waals surface area contributed by atoms with Gasteiger partial charge in [0.25, 0.3) is 0 Å². The first-order valence-corrected chi connectivity index (χ1v) is 5.52. The van der Waals surface area contributed by atoms with Crippen molar-refractivity contribution in [3.8, 4) is 0 Å². The molecule has 0 radical (unpaired) electrons. The number of ether oxygens (including phenoxy) is 1. The molecule has 3 nitrogen and oxygen atoms in total. The van der Waals surface area contributed by atoms with Crippen LogP contribution in [0.15, 0.2) is 0 Å². The highest BCUT2D eigenvalue weighted by Gasteiger charge is 2.36. The van der Waals surface area contributed by atoms with Gasteiger partial charge in [0.1, 0.15) is 11.2 Å². The van der Waals surface area contributed by atoms with Gasteiger partial charge >= 0.3 is 5.97 Å². The summed E-state index contributed by atoms with van der Waals surface area (Å²) in [7, 11) is 0. The molecule has 0 aliphatic heterocycles. The minimum Gasteiger partial charge on any atom is -0.465 e. The van der Waals surface area contributed by atoms with E-state index in [0.717, 1.165) is 6.42 Å². The quantitative estimate of drug-likeness (QED) is 0.504. The van der Waals surface area contributed by atoms with E-state index in [0.29, 0.717) is 18.9 Å². The van der Waals surface area contributed by atoms with E-state index in [2.05, 4.69) is 13.8 Å². The predicted octanol–water partition coefficient (Wildman–Crippen LogP) is 2.58. The Hall–Kier alpha value is -0.860. The Kier molecular flexibility index (Phi) is 5.55. The Morgan fingerprint density at radius 3 is 2.20 bits per heavy atom. The van der Waals surface area contributed by atoms with Gasteiger partial charge < -0.3 is 4.74 Å². The lowest BCUT2D eigenvalue weighted by Crippen LogP contribution is -2.35. The average molecular weight is 214 g/mol. The van der Waals surface area contributed by atoms with Gasteiger partial charge in [-0.2, -0.15) is 0 Å². The van der Waals surface area contributed by atoms with Crippen molar-refractivity contribution in [2.24, 2.45) is 11.3 Å². The molecule has 3 heteroatoms. The number of carbonyl (C=O) groups is 2. The first kappa shape index (κ1) is 14.1. The zero-order chi connectivity index (χ0) is 12.1. The molecule has 0 amide bonds. The number of carbonyl (C=O) groups excluding carboxylic acids is 2. The summed E-state index contributed by atoms with van der Waals surface area (Å²) in [6, 6.07) is 0. The Labute approximate surface area is 92.2 Å². The van der Waals surface area contributed by atoms with E-state index in [-0.39, 0.29) is 5.78 Å². The molecule has 0 saturated carbocycles. The van der Waals surface area contributed by atoms with Gasteiger partial charge in [-0.25, -0.2) is 0 Å². The van der Waals surface area contributed by atoms with Gasteiger partial charge in [-0.15, -0.1) is 0 Å². The molecule has 0 aliphatic carbocycles. The van der Waals surface area contributed by atoms with Gasteiger partial charge in [0.2, 0.25) is 0 Å². The molecule has 0 fully saturated rings. The third-order valence-corrected chi connectivity index (χ3v) is 2.43. The molecule has 0 aromatic rings. The maximum atomic E-state index is 11.8. The minimum absolute atomic E-state index is 0.0327. The number of hydrogen-bond donors (Lipinski definition) is 0. The molecule has 0 spiro atoms. The molecule has 0 atom stereocenters. The van der Waals surface area contributed by atoms with E-state index in [9.17, 15) is 9.59 Å². The lowest BCUT2D eigenvalue weighted by Gasteiger charge is -2.21. The van der Waals surface area contributed by atoms with E-state index in [1.54, 1.807) is 20.8 Å². The zero-order valence-electron chi connectivity index (χ0n) is 10.4. The van der Waals surface area contributed by atoms with Crippen LogP contribution in [0.2, 0.25) is 0 Å². The number of rotatable bonds is 6. The fourth-order valence-electron chi connectivity index (χ4n) is 1.16. The molecule has 0 rings (SSSR count). The van der Waals surface area contributed by atoms with Crippen molar-refractivity contribution in [2.45, 2.75) is 47.5 Å². The van der Waals surface area contributed by atoms with E-state index >= 15 is 0 Å². The minimum atomic E-state index is -0.995. The molecule has 15 heavy (non-hydrogen) atoms. The van der Waals surface area contributed by atoms with Crippen molar-refractivity contribution >= 4 is 11.8 Å². The van der Waals surface area contributed by atoms with Crippen molar-refractivity contribution in [3.05, 3.63) is 0 Å². The Morgan fingerprint density at radius 2 is 1.80 bits per heavy atom. The molecule has 0 aliphatic rings. The van der Waals surface area contributed by atoms with Crippen LogP contribution in [0.3, 0.4) is 0 Å². The van der Waals surface area contributed by atoms with Crippen molar-refractivity contribution in [1.29, 1.82) is 0 Å². The fourth-order valence-corrected chi connectivity index (χ4v) is 1.16. The van der Waals surface area contributed by atoms with E-state index in [4.69, 9.17) is 4.74 Å². The summed E-state index contributed by atoms with van der Waals surface area (Å²) in [5, 5.41) is 0. The second-order valence-corrected chi connectivity index (χ2v) is 4.70. The van der Waals surface area contributed by atoms with Crippen LogP contribution in [-0.4, -0.2) is 18.4 Å². The first-order chi connectivity index (χ1) is 6.82. The summed E-state index contributed by atoms with van der Waals surface area (Å²) in [6.07, 6.45) is 1.27. The van der Waals surface area contributed by atoms with Crippen molar-refractivity contribution in [3.63, 3.8) is 0 Å². The van der Waals surface area contributed by atoms with Crippen LogP contribution < -0.4 is 0 Å². The number of Topliss-reactive ketones (excluding diaryl/α,β-unsaturated/α-hetero) is 1. The molecular formula is C12H22O3. The van der Waals surface area contributed by atoms with Crippen LogP contribution >= 0.6 is 0 Å². The van der Waals surface area contributed by atoms with Gasteiger partial charge in [-0.3, -0.25) is 9.59 Å². The first-order valence-electron chi connectivity index (χ1n) is 5.52. The van der Waals surface area contributed by atoms with E-state index in [1.165, 1.54) is 0 Å². The molecule has 0 bridgehead atoms. The van der Waals surface area contributed by atoms with Gasteiger partial charge in [-0.1, -0.05) is 13.8 Å². The maximum absolute atomic E-state index is 11.8. The largest absolute Gasteiger partial charge is 0.465 e. The van der Waals surface area contributed by atoms with Crippen LogP contribution in [0.4, 0.5) is 0 Å². The standard InChI is InChI=1S/C12H22O3/c1-6-15-11(14)12(4,5)10(13)8-7-9(2)3/h9H,6-8H2,1-5H3. The second kappa shape index (κ2) is 5.89. The lowest BCUT2D eigenvalue weighted by atomic mass is 9.85. The van der Waals surface area contributed by atoms with Crippen molar-refractivity contribution < 1.29 is 14.3 Å². The number of esters is 1. The normalized spacial score (nSPS) is 11.6. The zero-order valence-corrected chi connectivity index (χ0v) is 10.4. The molecule has 0 unspecified atom stereocenters. The van der Waals surface area contributed by atoms with Gasteiger partial charge in [0.15, 0.2) is 0 Å². The molecular weight excluding hydrogens is 192 g/mol. The maximum Gasteiger partial charge on any atom is 0.319 e. The highest BCUT2D eigenvalue weighted by molar-refractivity contribution is 6.02. The van der Waals surface area contributed by atoms with Gasteiger partial charge in [-0.05, 0) is 33.1 Å². The number of hydrogen-bond acceptors (Lipinski definition) is 3. The SMILES string of the molecule is CCOC(=O)C(C)(C)C(=O)CCC(C)C. The highest BCUT2D eigenvalue weighted by Crippen LogP contribution is 2.22. The lowest BCUT2D eigenvalue weighted by molar-refractivity contribution is -0.157. The second-order valence-electron chi connectivity index (χ2n) is 4.70. The molecule has 0 saturated heterocycles. The predicted molar refractivity (Wildman–Crippen MR) is 59.5 cm³/mol. The fraction of sp³-hybridized carbons (Fsp3) is 0.833. The summed E-state index contributed by atoms with van der Waals surface area (Å²) in [5.41, 5.74) is -0.995. The monoisotopic (exact) mass is 214 g/mol.